The van der Waals surface area contributed by atoms with Crippen LogP contribution >= 0.6 is 0 Å². The van der Waals surface area contributed by atoms with Gasteiger partial charge in [-0.15, -0.1) is 0 Å². The maximum absolute atomic E-state index is 16.0. The number of hydrogen-bond acceptors (Lipinski definition) is 18. The number of fused-ring (bicyclic) bond motifs is 11. The zero-order chi connectivity index (χ0) is 52.3. The fourth-order valence-corrected chi connectivity index (χ4v) is 14.7. The summed E-state index contributed by atoms with van der Waals surface area (Å²) in [7, 11) is 0. The summed E-state index contributed by atoms with van der Waals surface area (Å²) in [6.45, 7) is 19.7. The van der Waals surface area contributed by atoms with Crippen molar-refractivity contribution >= 4 is 65.2 Å². The summed E-state index contributed by atoms with van der Waals surface area (Å²) in [5.74, 6) is -13.8. The van der Waals surface area contributed by atoms with Crippen LogP contribution in [0, 0.1) is 56.7 Å². The van der Waals surface area contributed by atoms with Gasteiger partial charge in [-0.2, -0.15) is 0 Å². The summed E-state index contributed by atoms with van der Waals surface area (Å²) >= 11 is 0. The first-order valence-corrected chi connectivity index (χ1v) is 23.8. The predicted molar refractivity (Wildman–Crippen MR) is 240 cm³/mol. The van der Waals surface area contributed by atoms with Crippen molar-refractivity contribution in [2.75, 3.05) is 0 Å². The zero-order valence-electron chi connectivity index (χ0n) is 42.3. The molecule has 0 radical (unpaired) electrons. The molecule has 1 aliphatic heterocycles. The van der Waals surface area contributed by atoms with E-state index in [0.29, 0.717) is 6.29 Å². The number of rotatable bonds is 7. The van der Waals surface area contributed by atoms with Gasteiger partial charge >= 0.3 is 35.8 Å². The van der Waals surface area contributed by atoms with Gasteiger partial charge in [-0.05, 0) is 66.4 Å². The summed E-state index contributed by atoms with van der Waals surface area (Å²) in [5, 5.41) is 0. The van der Waals surface area contributed by atoms with Crippen molar-refractivity contribution in [2.45, 2.75) is 165 Å². The largest absolute Gasteiger partial charge is 0.497 e. The lowest BCUT2D eigenvalue weighted by Crippen LogP contribution is -2.75. The van der Waals surface area contributed by atoms with E-state index in [1.807, 2.05) is 0 Å². The smallest absolute Gasteiger partial charge is 0.303 e. The molecule has 7 aliphatic rings. The molecule has 6 aliphatic carbocycles. The first-order chi connectivity index (χ1) is 32.4. The molecule has 0 amide bonds. The molecule has 0 spiro atoms. The van der Waals surface area contributed by atoms with Crippen LogP contribution in [0.4, 0.5) is 0 Å². The lowest BCUT2D eigenvalue weighted by molar-refractivity contribution is -0.243. The molecule has 0 N–H and O–H groups in total. The third-order valence-electron chi connectivity index (χ3n) is 17.5. The van der Waals surface area contributed by atoms with Crippen molar-refractivity contribution in [1.29, 1.82) is 0 Å². The first-order valence-electron chi connectivity index (χ1n) is 23.8. The summed E-state index contributed by atoms with van der Waals surface area (Å²) in [6.07, 6.45) is -10.8. The van der Waals surface area contributed by atoms with Gasteiger partial charge in [0.1, 0.15) is 36.2 Å². The molecule has 1 heterocycles. The molecule has 0 aromatic rings. The predicted octanol–water partition coefficient (Wildman–Crippen LogP) is 4.74. The summed E-state index contributed by atoms with van der Waals surface area (Å²) in [4.78, 5) is 156. The lowest BCUT2D eigenvalue weighted by Gasteiger charge is -2.66. The summed E-state index contributed by atoms with van der Waals surface area (Å²) < 4.78 is 43.8. The van der Waals surface area contributed by atoms with Crippen molar-refractivity contribution < 1.29 is 85.9 Å². The second-order valence-corrected chi connectivity index (χ2v) is 21.9. The van der Waals surface area contributed by atoms with Crippen LogP contribution in [0.5, 0.6) is 0 Å². The van der Waals surface area contributed by atoms with Gasteiger partial charge < -0.3 is 38.0 Å². The van der Waals surface area contributed by atoms with E-state index in [1.165, 1.54) is 27.0 Å². The average molecular weight is 977 g/mol. The molecule has 70 heavy (non-hydrogen) atoms. The Morgan fingerprint density at radius 1 is 0.557 bits per heavy atom. The van der Waals surface area contributed by atoms with Crippen LogP contribution in [0.2, 0.25) is 0 Å². The van der Waals surface area contributed by atoms with Crippen LogP contribution in [0.3, 0.4) is 0 Å². The second kappa shape index (κ2) is 17.5. The molecule has 18 heteroatoms. The minimum absolute atomic E-state index is 0.157. The van der Waals surface area contributed by atoms with Crippen LogP contribution in [-0.2, 0) is 85.9 Å². The van der Waals surface area contributed by atoms with Crippen LogP contribution in [0.15, 0.2) is 34.1 Å². The minimum Gasteiger partial charge on any atom is -0.497 e. The molecule has 380 valence electrons. The Labute approximate surface area is 406 Å². The molecule has 4 fully saturated rings. The van der Waals surface area contributed by atoms with Gasteiger partial charge in [0.05, 0.1) is 22.5 Å². The van der Waals surface area contributed by atoms with Crippen molar-refractivity contribution in [3.05, 3.63) is 34.1 Å². The van der Waals surface area contributed by atoms with E-state index in [2.05, 4.69) is 0 Å². The van der Waals surface area contributed by atoms with Crippen LogP contribution in [-0.4, -0.2) is 108 Å². The fourth-order valence-electron chi connectivity index (χ4n) is 14.7. The number of allylic oxidation sites excluding steroid dienone is 2. The number of Topliss-reactive ketones (excluding diaryl/α,β-unsaturated/α-hetero) is 4. The van der Waals surface area contributed by atoms with E-state index in [9.17, 15) is 38.4 Å². The monoisotopic (exact) mass is 976 g/mol. The number of hydrogen-bond donors (Lipinski definition) is 0. The Morgan fingerprint density at radius 2 is 0.957 bits per heavy atom. The minimum atomic E-state index is -2.15. The van der Waals surface area contributed by atoms with E-state index in [1.54, 1.807) is 34.6 Å². The second-order valence-electron chi connectivity index (χ2n) is 21.9. The van der Waals surface area contributed by atoms with Gasteiger partial charge in [0.25, 0.3) is 0 Å². The van der Waals surface area contributed by atoms with Crippen molar-refractivity contribution in [1.82, 2.24) is 0 Å². The maximum atomic E-state index is 16.0. The summed E-state index contributed by atoms with van der Waals surface area (Å²) in [6, 6.07) is 0. The van der Waals surface area contributed by atoms with E-state index in [-0.39, 0.29) is 40.7 Å². The van der Waals surface area contributed by atoms with Gasteiger partial charge in [0.15, 0.2) is 36.0 Å². The van der Waals surface area contributed by atoms with E-state index >= 15 is 14.4 Å². The van der Waals surface area contributed by atoms with Gasteiger partial charge in [0, 0.05) is 96.8 Å². The molecule has 7 rings (SSSR count). The Bertz CT molecular complexity index is 2500. The van der Waals surface area contributed by atoms with Gasteiger partial charge in [-0.1, -0.05) is 27.7 Å². The Balaban J connectivity index is 1.61. The fraction of sp³-hybridized carbons (Fsp3) is 0.673. The molecule has 0 saturated heterocycles. The number of aldehydes is 1. The van der Waals surface area contributed by atoms with Crippen molar-refractivity contribution in [3.63, 3.8) is 0 Å². The summed E-state index contributed by atoms with van der Waals surface area (Å²) in [5.41, 5.74) is -7.75. The lowest BCUT2D eigenvalue weighted by atomic mass is 9.38. The van der Waals surface area contributed by atoms with Gasteiger partial charge in [-0.25, -0.2) is 0 Å². The third kappa shape index (κ3) is 7.50. The highest BCUT2D eigenvalue weighted by atomic mass is 16.6. The Morgan fingerprint density at radius 3 is 1.39 bits per heavy atom. The van der Waals surface area contributed by atoms with E-state index in [4.69, 9.17) is 33.2 Å². The molecule has 4 bridgehead atoms. The first kappa shape index (κ1) is 52.0. The number of ether oxygens (including phenoxy) is 7. The highest BCUT2D eigenvalue weighted by molar-refractivity contribution is 5.99. The van der Waals surface area contributed by atoms with Gasteiger partial charge in [0.2, 0.25) is 0 Å². The van der Waals surface area contributed by atoms with Gasteiger partial charge in [-0.3, -0.25) is 47.9 Å². The molecular formula is C52H64O18. The zero-order valence-corrected chi connectivity index (χ0v) is 42.3. The molecule has 15 atom stereocenters. The number of ketones is 4. The van der Waals surface area contributed by atoms with Crippen LogP contribution in [0.25, 0.3) is 0 Å². The Kier molecular flexibility index (Phi) is 13.0. The Hall–Kier alpha value is -5.81. The topological polar surface area (TPSA) is 252 Å². The number of carbonyl (C=O) groups excluding carboxylic acids is 11. The molecular weight excluding hydrogens is 913 g/mol. The number of esters is 6. The normalized spacial score (nSPS) is 39.2. The van der Waals surface area contributed by atoms with E-state index in [0.717, 1.165) is 41.5 Å². The maximum Gasteiger partial charge on any atom is 0.303 e. The SMILES string of the molecule is CC(=O)O[C@@H]1[C@@H]2CC(=O)C(C)=C([C@@H](OC(C)=O)[C@H](OC(C)=O)[C@]3(C)C(=O)CC4C(=COC5CC(=O)[C@]6(C)[C@H]([C@H](OC(C)=O)[C@@H]7CC(=O)C(C)=C([C@@H](OC(C)=O)[C@@H]6OC(C)=O)C7(C)C)[C@]54C=O)[C@@H]13)C2(C)C. The highest BCUT2D eigenvalue weighted by Gasteiger charge is 2.78. The standard InChI is InChI=1S/C52H64O18/c1-21-33(60)15-31-41(65-23(3)54)40-29-19-64-37-18-36(63)51(14)45(42(66-24(4)55)32-16-34(61)22(2)39(49(32,11)12)44(68-26(6)57)47(51)70-28(8)59)52(37,20-53)30(29)17-35(62)50(40,13)46(69-27(7)58)43(67-25(5)56)38(21)48(31,9)10/h19-20,30-32,37,40-47H,15-18H2,1-14H3/t30?,31-,32-,37?,40-,41+,42+,43+,44+,45-,46-,47-,50+,51+,52-/m0/s1. The van der Waals surface area contributed by atoms with Crippen LogP contribution in [0.1, 0.15) is 123 Å². The van der Waals surface area contributed by atoms with Crippen molar-refractivity contribution in [3.8, 4) is 0 Å². The number of carbonyl (C=O) groups is 11. The highest BCUT2D eigenvalue weighted by Crippen LogP contribution is 2.70. The molecule has 0 aromatic carbocycles. The molecule has 2 unspecified atom stereocenters. The molecule has 0 aromatic heterocycles. The van der Waals surface area contributed by atoms with Crippen LogP contribution < -0.4 is 0 Å². The molecule has 4 saturated carbocycles. The third-order valence-corrected chi connectivity index (χ3v) is 17.5. The van der Waals surface area contributed by atoms with Crippen molar-refractivity contribution in [2.24, 2.45) is 56.7 Å². The van der Waals surface area contributed by atoms with E-state index < -0.39 is 171 Å². The quantitative estimate of drug-likeness (QED) is 0.190. The molecule has 18 nitrogen and oxygen atoms in total. The average Bonchev–Trinajstić information content (AvgIpc) is 3.22.